The molecular formula is C15H13BrFNO. The molecule has 0 fully saturated rings. The molecule has 0 spiro atoms. The normalized spacial score (nSPS) is 10.3. The average molecular weight is 322 g/mol. The molecule has 1 amide bonds. The lowest BCUT2D eigenvalue weighted by Crippen LogP contribution is -2.12. The number of benzene rings is 2. The summed E-state index contributed by atoms with van der Waals surface area (Å²) < 4.78 is 14.0. The van der Waals surface area contributed by atoms with Gasteiger partial charge in [0.25, 0.3) is 5.91 Å². The minimum atomic E-state index is -0.312. The first-order valence-electron chi connectivity index (χ1n) is 5.81. The summed E-state index contributed by atoms with van der Waals surface area (Å²) in [5.74, 6) is -0.567. The van der Waals surface area contributed by atoms with Gasteiger partial charge >= 0.3 is 0 Å². The zero-order valence-electron chi connectivity index (χ0n) is 10.6. The van der Waals surface area contributed by atoms with Gasteiger partial charge in [-0.3, -0.25) is 4.79 Å². The van der Waals surface area contributed by atoms with Gasteiger partial charge in [-0.05, 0) is 65.2 Å². The number of amides is 1. The number of aryl methyl sites for hydroxylation is 2. The summed E-state index contributed by atoms with van der Waals surface area (Å²) in [7, 11) is 0. The van der Waals surface area contributed by atoms with Gasteiger partial charge in [-0.2, -0.15) is 0 Å². The highest BCUT2D eigenvalue weighted by Crippen LogP contribution is 2.26. The van der Waals surface area contributed by atoms with Crippen LogP contribution in [-0.2, 0) is 0 Å². The maximum Gasteiger partial charge on any atom is 0.255 e. The van der Waals surface area contributed by atoms with Crippen molar-refractivity contribution in [2.45, 2.75) is 13.8 Å². The molecule has 0 aliphatic carbocycles. The molecule has 0 bridgehead atoms. The van der Waals surface area contributed by atoms with Crippen LogP contribution in [0.5, 0.6) is 0 Å². The molecule has 0 unspecified atom stereocenters. The second kappa shape index (κ2) is 5.53. The van der Waals surface area contributed by atoms with Gasteiger partial charge in [-0.15, -0.1) is 0 Å². The van der Waals surface area contributed by atoms with Gasteiger partial charge in [0.05, 0.1) is 5.69 Å². The highest BCUT2D eigenvalue weighted by molar-refractivity contribution is 9.10. The summed E-state index contributed by atoms with van der Waals surface area (Å²) in [6.07, 6.45) is 0. The topological polar surface area (TPSA) is 29.1 Å². The molecule has 2 nitrogen and oxygen atoms in total. The molecule has 0 aliphatic heterocycles. The fourth-order valence-corrected chi connectivity index (χ4v) is 2.09. The molecule has 0 heterocycles. The van der Waals surface area contributed by atoms with E-state index in [1.807, 2.05) is 25.1 Å². The number of anilines is 1. The molecule has 0 saturated carbocycles. The van der Waals surface area contributed by atoms with Crippen LogP contribution in [0.15, 0.2) is 40.9 Å². The van der Waals surface area contributed by atoms with E-state index in [2.05, 4.69) is 21.2 Å². The van der Waals surface area contributed by atoms with Crippen LogP contribution in [0.2, 0.25) is 0 Å². The van der Waals surface area contributed by atoms with Crippen molar-refractivity contribution in [1.82, 2.24) is 0 Å². The highest BCUT2D eigenvalue weighted by atomic mass is 79.9. The zero-order valence-corrected chi connectivity index (χ0v) is 12.2. The third kappa shape index (κ3) is 3.01. The Balaban J connectivity index is 2.26. The van der Waals surface area contributed by atoms with E-state index in [1.165, 1.54) is 18.2 Å². The molecule has 2 aromatic carbocycles. The molecule has 2 rings (SSSR count). The zero-order chi connectivity index (χ0) is 14.0. The second-order valence-corrected chi connectivity index (χ2v) is 5.15. The molecule has 98 valence electrons. The average Bonchev–Trinajstić information content (AvgIpc) is 2.38. The summed E-state index contributed by atoms with van der Waals surface area (Å²) in [6.45, 7) is 3.58. The maximum absolute atomic E-state index is 13.2. The molecule has 19 heavy (non-hydrogen) atoms. The van der Waals surface area contributed by atoms with Crippen LogP contribution in [0.1, 0.15) is 21.5 Å². The lowest BCUT2D eigenvalue weighted by Gasteiger charge is -2.09. The number of halogens is 2. The van der Waals surface area contributed by atoms with E-state index >= 15 is 0 Å². The van der Waals surface area contributed by atoms with Gasteiger partial charge < -0.3 is 5.32 Å². The third-order valence-electron chi connectivity index (χ3n) is 2.86. The number of rotatable bonds is 2. The molecule has 0 saturated heterocycles. The smallest absolute Gasteiger partial charge is 0.255 e. The molecular weight excluding hydrogens is 309 g/mol. The minimum Gasteiger partial charge on any atom is -0.321 e. The molecule has 4 heteroatoms. The van der Waals surface area contributed by atoms with E-state index in [4.69, 9.17) is 0 Å². The summed E-state index contributed by atoms with van der Waals surface area (Å²) >= 11 is 3.43. The van der Waals surface area contributed by atoms with Crippen molar-refractivity contribution in [2.24, 2.45) is 0 Å². The largest absolute Gasteiger partial charge is 0.321 e. The molecule has 0 radical (unpaired) electrons. The van der Waals surface area contributed by atoms with Gasteiger partial charge in [-0.1, -0.05) is 12.1 Å². The minimum absolute atomic E-state index is 0.255. The first-order valence-corrected chi connectivity index (χ1v) is 6.61. The summed E-state index contributed by atoms with van der Waals surface area (Å²) in [5.41, 5.74) is 2.63. The van der Waals surface area contributed by atoms with E-state index < -0.39 is 0 Å². The van der Waals surface area contributed by atoms with Gasteiger partial charge in [0.15, 0.2) is 0 Å². The van der Waals surface area contributed by atoms with E-state index in [1.54, 1.807) is 6.92 Å². The van der Waals surface area contributed by atoms with Crippen molar-refractivity contribution in [3.05, 3.63) is 63.4 Å². The number of carbonyl (C=O) groups excluding carboxylic acids is 1. The SMILES string of the molecule is Cc1cc(C(=O)Nc2cccc(C)c2Br)ccc1F. The van der Waals surface area contributed by atoms with Crippen molar-refractivity contribution < 1.29 is 9.18 Å². The van der Waals surface area contributed by atoms with Gasteiger partial charge in [0.2, 0.25) is 0 Å². The fraction of sp³-hybridized carbons (Fsp3) is 0.133. The van der Waals surface area contributed by atoms with Gasteiger partial charge in [0.1, 0.15) is 5.82 Å². The van der Waals surface area contributed by atoms with Gasteiger partial charge in [0, 0.05) is 10.0 Å². The standard InChI is InChI=1S/C15H13BrFNO/c1-9-4-3-5-13(14(9)16)18-15(19)11-6-7-12(17)10(2)8-11/h3-8H,1-2H3,(H,18,19). The van der Waals surface area contributed by atoms with Crippen molar-refractivity contribution in [1.29, 1.82) is 0 Å². The molecule has 0 aliphatic rings. The van der Waals surface area contributed by atoms with Crippen LogP contribution in [0.25, 0.3) is 0 Å². The summed E-state index contributed by atoms with van der Waals surface area (Å²) in [5, 5.41) is 2.81. The first-order chi connectivity index (χ1) is 8.99. The lowest BCUT2D eigenvalue weighted by molar-refractivity contribution is 0.102. The van der Waals surface area contributed by atoms with Crippen LogP contribution in [0.3, 0.4) is 0 Å². The molecule has 0 aromatic heterocycles. The Kier molecular flexibility index (Phi) is 4.00. The Hall–Kier alpha value is -1.68. The second-order valence-electron chi connectivity index (χ2n) is 4.35. The van der Waals surface area contributed by atoms with E-state index in [9.17, 15) is 9.18 Å². The number of hydrogen-bond acceptors (Lipinski definition) is 1. The Labute approximate surface area is 119 Å². The quantitative estimate of drug-likeness (QED) is 0.869. The van der Waals surface area contributed by atoms with E-state index in [0.717, 1.165) is 10.0 Å². The van der Waals surface area contributed by atoms with Crippen LogP contribution in [0.4, 0.5) is 10.1 Å². The fourth-order valence-electron chi connectivity index (χ4n) is 1.72. The van der Waals surface area contributed by atoms with E-state index in [-0.39, 0.29) is 11.7 Å². The molecule has 1 N–H and O–H groups in total. The summed E-state index contributed by atoms with van der Waals surface area (Å²) in [4.78, 5) is 12.1. The van der Waals surface area contributed by atoms with Crippen molar-refractivity contribution in [2.75, 3.05) is 5.32 Å². The third-order valence-corrected chi connectivity index (χ3v) is 3.91. The summed E-state index contributed by atoms with van der Waals surface area (Å²) in [6, 6.07) is 9.93. The van der Waals surface area contributed by atoms with Crippen LogP contribution >= 0.6 is 15.9 Å². The van der Waals surface area contributed by atoms with E-state index in [0.29, 0.717) is 16.8 Å². The number of carbonyl (C=O) groups is 1. The molecule has 2 aromatic rings. The predicted molar refractivity (Wildman–Crippen MR) is 78.0 cm³/mol. The van der Waals surface area contributed by atoms with Crippen molar-refractivity contribution in [3.8, 4) is 0 Å². The van der Waals surface area contributed by atoms with Crippen molar-refractivity contribution >= 4 is 27.5 Å². The maximum atomic E-state index is 13.2. The Morgan fingerprint density at radius 1 is 1.16 bits per heavy atom. The van der Waals surface area contributed by atoms with Crippen LogP contribution < -0.4 is 5.32 Å². The Morgan fingerprint density at radius 3 is 2.58 bits per heavy atom. The monoisotopic (exact) mass is 321 g/mol. The highest BCUT2D eigenvalue weighted by Gasteiger charge is 2.10. The lowest BCUT2D eigenvalue weighted by atomic mass is 10.1. The van der Waals surface area contributed by atoms with Crippen LogP contribution in [0, 0.1) is 19.7 Å². The van der Waals surface area contributed by atoms with Crippen molar-refractivity contribution in [3.63, 3.8) is 0 Å². The van der Waals surface area contributed by atoms with Gasteiger partial charge in [-0.25, -0.2) is 4.39 Å². The Morgan fingerprint density at radius 2 is 1.89 bits per heavy atom. The van der Waals surface area contributed by atoms with Crippen LogP contribution in [-0.4, -0.2) is 5.91 Å². The first kappa shape index (κ1) is 13.7. The Bertz CT molecular complexity index is 640. The number of nitrogens with one attached hydrogen (secondary N) is 1. The predicted octanol–water partition coefficient (Wildman–Crippen LogP) is 4.46. The molecule has 0 atom stereocenters. The number of hydrogen-bond donors (Lipinski definition) is 1.